The molecule has 0 aliphatic carbocycles. The van der Waals surface area contributed by atoms with Gasteiger partial charge in [-0.05, 0) is 6.07 Å². The molecular weight excluding hydrogens is 268 g/mol. The SMILES string of the molecule is CN(C)c1nccc(C2CN(S(C)(=O)=O)CCO2)n1. The molecule has 1 atom stereocenters. The van der Waals surface area contributed by atoms with Gasteiger partial charge in [-0.3, -0.25) is 0 Å². The number of hydrogen-bond donors (Lipinski definition) is 0. The average Bonchev–Trinajstić information content (AvgIpc) is 2.38. The van der Waals surface area contributed by atoms with Crippen LogP contribution in [0.2, 0.25) is 0 Å². The van der Waals surface area contributed by atoms with Crippen molar-refractivity contribution < 1.29 is 13.2 Å². The van der Waals surface area contributed by atoms with Crippen LogP contribution in [0.15, 0.2) is 12.3 Å². The normalized spacial score (nSPS) is 21.3. The Morgan fingerprint density at radius 3 is 2.84 bits per heavy atom. The predicted molar refractivity (Wildman–Crippen MR) is 71.5 cm³/mol. The molecule has 0 aromatic carbocycles. The summed E-state index contributed by atoms with van der Waals surface area (Å²) in [6.45, 7) is 1.06. The van der Waals surface area contributed by atoms with E-state index >= 15 is 0 Å². The molecule has 2 heterocycles. The second kappa shape index (κ2) is 5.40. The average molecular weight is 286 g/mol. The van der Waals surface area contributed by atoms with Crippen LogP contribution in [0.5, 0.6) is 0 Å². The Morgan fingerprint density at radius 1 is 1.47 bits per heavy atom. The maximum absolute atomic E-state index is 11.6. The van der Waals surface area contributed by atoms with Gasteiger partial charge in [-0.1, -0.05) is 0 Å². The van der Waals surface area contributed by atoms with Gasteiger partial charge in [0, 0.05) is 33.4 Å². The van der Waals surface area contributed by atoms with E-state index in [-0.39, 0.29) is 6.10 Å². The van der Waals surface area contributed by atoms with E-state index in [1.165, 1.54) is 10.6 Å². The van der Waals surface area contributed by atoms with Gasteiger partial charge in [0.2, 0.25) is 16.0 Å². The summed E-state index contributed by atoms with van der Waals surface area (Å²) in [5.74, 6) is 0.581. The molecule has 0 amide bonds. The summed E-state index contributed by atoms with van der Waals surface area (Å²) in [6.07, 6.45) is 2.52. The first-order chi connectivity index (χ1) is 8.88. The maximum atomic E-state index is 11.6. The number of anilines is 1. The van der Waals surface area contributed by atoms with E-state index in [0.29, 0.717) is 31.3 Å². The molecule has 0 N–H and O–H groups in total. The quantitative estimate of drug-likeness (QED) is 0.771. The van der Waals surface area contributed by atoms with Crippen LogP contribution in [0, 0.1) is 0 Å². The molecule has 8 heteroatoms. The van der Waals surface area contributed by atoms with E-state index in [9.17, 15) is 8.42 Å². The third-order valence-electron chi connectivity index (χ3n) is 2.89. The molecule has 1 fully saturated rings. The monoisotopic (exact) mass is 286 g/mol. The molecule has 0 spiro atoms. The van der Waals surface area contributed by atoms with Crippen molar-refractivity contribution in [1.29, 1.82) is 0 Å². The Kier molecular flexibility index (Phi) is 4.02. The zero-order chi connectivity index (χ0) is 14.0. The Labute approximate surface area is 113 Å². The summed E-state index contributed by atoms with van der Waals surface area (Å²) >= 11 is 0. The Morgan fingerprint density at radius 2 is 2.21 bits per heavy atom. The fourth-order valence-corrected chi connectivity index (χ4v) is 2.67. The number of sulfonamides is 1. The van der Waals surface area contributed by atoms with E-state index in [1.54, 1.807) is 17.2 Å². The molecule has 1 aromatic heterocycles. The maximum Gasteiger partial charge on any atom is 0.225 e. The van der Waals surface area contributed by atoms with Crippen LogP contribution in [0.4, 0.5) is 5.95 Å². The second-order valence-electron chi connectivity index (χ2n) is 4.66. The summed E-state index contributed by atoms with van der Waals surface area (Å²) < 4.78 is 30.2. The van der Waals surface area contributed by atoms with Crippen molar-refractivity contribution >= 4 is 16.0 Å². The van der Waals surface area contributed by atoms with Gasteiger partial charge in [0.05, 0.1) is 18.6 Å². The number of ether oxygens (including phenoxy) is 1. The fourth-order valence-electron chi connectivity index (χ4n) is 1.86. The smallest absolute Gasteiger partial charge is 0.225 e. The fraction of sp³-hybridized carbons (Fsp3) is 0.636. The van der Waals surface area contributed by atoms with Crippen LogP contribution < -0.4 is 4.90 Å². The van der Waals surface area contributed by atoms with Gasteiger partial charge in [0.15, 0.2) is 0 Å². The van der Waals surface area contributed by atoms with E-state index < -0.39 is 10.0 Å². The van der Waals surface area contributed by atoms with E-state index in [2.05, 4.69) is 9.97 Å². The number of hydrogen-bond acceptors (Lipinski definition) is 6. The van der Waals surface area contributed by atoms with Crippen molar-refractivity contribution in [2.45, 2.75) is 6.10 Å². The minimum atomic E-state index is -3.19. The number of rotatable bonds is 3. The molecule has 1 unspecified atom stereocenters. The van der Waals surface area contributed by atoms with Crippen LogP contribution in [0.1, 0.15) is 11.8 Å². The first-order valence-electron chi connectivity index (χ1n) is 5.95. The van der Waals surface area contributed by atoms with Gasteiger partial charge in [0.25, 0.3) is 0 Å². The van der Waals surface area contributed by atoms with E-state index in [1.807, 2.05) is 14.1 Å². The zero-order valence-corrected chi connectivity index (χ0v) is 12.1. The Balaban J connectivity index is 2.20. The third-order valence-corrected chi connectivity index (χ3v) is 4.16. The van der Waals surface area contributed by atoms with Crippen molar-refractivity contribution in [2.24, 2.45) is 0 Å². The number of aromatic nitrogens is 2. The van der Waals surface area contributed by atoms with Gasteiger partial charge >= 0.3 is 0 Å². The summed E-state index contributed by atoms with van der Waals surface area (Å²) in [4.78, 5) is 10.3. The largest absolute Gasteiger partial charge is 0.369 e. The van der Waals surface area contributed by atoms with Crippen LogP contribution in [-0.2, 0) is 14.8 Å². The second-order valence-corrected chi connectivity index (χ2v) is 6.64. The lowest BCUT2D eigenvalue weighted by atomic mass is 10.2. The number of morpholine rings is 1. The lowest BCUT2D eigenvalue weighted by molar-refractivity contribution is -0.00474. The standard InChI is InChI=1S/C11H18N4O3S/c1-14(2)11-12-5-4-9(13-11)10-8-15(6-7-18-10)19(3,16)17/h4-5,10H,6-8H2,1-3H3. The number of nitrogens with zero attached hydrogens (tertiary/aromatic N) is 4. The predicted octanol–water partition coefficient (Wildman–Crippen LogP) is -0.124. The van der Waals surface area contributed by atoms with Gasteiger partial charge in [-0.15, -0.1) is 0 Å². The van der Waals surface area contributed by atoms with Crippen molar-refractivity contribution in [2.75, 3.05) is 44.9 Å². The van der Waals surface area contributed by atoms with E-state index in [4.69, 9.17) is 4.74 Å². The van der Waals surface area contributed by atoms with Crippen molar-refractivity contribution in [3.05, 3.63) is 18.0 Å². The molecule has 1 aromatic rings. The third kappa shape index (κ3) is 3.40. The Bertz CT molecular complexity index is 547. The first-order valence-corrected chi connectivity index (χ1v) is 7.80. The topological polar surface area (TPSA) is 75.6 Å². The Hall–Kier alpha value is -1.25. The zero-order valence-electron chi connectivity index (χ0n) is 11.3. The molecule has 7 nitrogen and oxygen atoms in total. The summed E-state index contributed by atoms with van der Waals surface area (Å²) in [6, 6.07) is 1.75. The highest BCUT2D eigenvalue weighted by Gasteiger charge is 2.28. The molecule has 1 aliphatic rings. The molecule has 0 saturated carbocycles. The van der Waals surface area contributed by atoms with Crippen LogP contribution in [0.25, 0.3) is 0 Å². The molecule has 1 saturated heterocycles. The van der Waals surface area contributed by atoms with Crippen LogP contribution in [0.3, 0.4) is 0 Å². The van der Waals surface area contributed by atoms with Gasteiger partial charge in [-0.2, -0.15) is 4.31 Å². The van der Waals surface area contributed by atoms with Crippen LogP contribution >= 0.6 is 0 Å². The lowest BCUT2D eigenvalue weighted by Gasteiger charge is -2.31. The highest BCUT2D eigenvalue weighted by molar-refractivity contribution is 7.88. The van der Waals surface area contributed by atoms with Crippen molar-refractivity contribution in [1.82, 2.24) is 14.3 Å². The molecule has 106 valence electrons. The summed E-state index contributed by atoms with van der Waals surface area (Å²) in [5.41, 5.74) is 0.701. The molecular formula is C11H18N4O3S. The molecule has 2 rings (SSSR count). The van der Waals surface area contributed by atoms with Gasteiger partial charge in [-0.25, -0.2) is 18.4 Å². The molecule has 19 heavy (non-hydrogen) atoms. The van der Waals surface area contributed by atoms with Gasteiger partial charge < -0.3 is 9.64 Å². The lowest BCUT2D eigenvalue weighted by Crippen LogP contribution is -2.41. The molecule has 0 bridgehead atoms. The van der Waals surface area contributed by atoms with Crippen LogP contribution in [-0.4, -0.2) is 62.7 Å². The highest BCUT2D eigenvalue weighted by Crippen LogP contribution is 2.22. The first kappa shape index (κ1) is 14.2. The minimum Gasteiger partial charge on any atom is -0.369 e. The molecule has 1 aliphatic heterocycles. The minimum absolute atomic E-state index is 0.294. The highest BCUT2D eigenvalue weighted by atomic mass is 32.2. The van der Waals surface area contributed by atoms with E-state index in [0.717, 1.165) is 0 Å². The van der Waals surface area contributed by atoms with Gasteiger partial charge in [0.1, 0.15) is 6.10 Å². The summed E-state index contributed by atoms with van der Waals surface area (Å²) in [7, 11) is 0.508. The molecule has 0 radical (unpaired) electrons. The van der Waals surface area contributed by atoms with Crippen molar-refractivity contribution in [3.63, 3.8) is 0 Å². The van der Waals surface area contributed by atoms with Crippen molar-refractivity contribution in [3.8, 4) is 0 Å². The summed E-state index contributed by atoms with van der Waals surface area (Å²) in [5, 5.41) is 0.